The number of piperidine rings is 1. The Kier molecular flexibility index (Phi) is 9.29. The number of rotatable bonds is 11. The predicted molar refractivity (Wildman–Crippen MR) is 145 cm³/mol. The molecule has 0 aliphatic carbocycles. The number of carboxylic acid groups (broad SMARTS) is 1. The lowest BCUT2D eigenvalue weighted by atomic mass is 9.80. The maximum absolute atomic E-state index is 14.1. The summed E-state index contributed by atoms with van der Waals surface area (Å²) in [5, 5.41) is 15.0. The molecular weight excluding hydrogens is 467 g/mol. The van der Waals surface area contributed by atoms with Gasteiger partial charge in [-0.2, -0.15) is 0 Å². The van der Waals surface area contributed by atoms with Gasteiger partial charge in [0, 0.05) is 37.9 Å². The number of hydrogen-bond acceptors (Lipinski definition) is 3. The van der Waals surface area contributed by atoms with Gasteiger partial charge >= 0.3 is 5.97 Å². The minimum atomic E-state index is -0.797. The van der Waals surface area contributed by atoms with Crippen LogP contribution in [0.15, 0.2) is 66.7 Å². The van der Waals surface area contributed by atoms with Crippen LogP contribution >= 0.6 is 0 Å². The number of benzene rings is 3. The van der Waals surface area contributed by atoms with E-state index in [1.807, 2.05) is 11.0 Å². The van der Waals surface area contributed by atoms with E-state index in [1.165, 1.54) is 22.4 Å². The number of likely N-dealkylation sites (tertiary alicyclic amines) is 1. The van der Waals surface area contributed by atoms with Gasteiger partial charge in [0.25, 0.3) is 0 Å². The molecular formula is C31H37FN2O3. The first-order valence-corrected chi connectivity index (χ1v) is 13.4. The molecule has 1 amide bonds. The molecule has 3 atom stereocenters. The van der Waals surface area contributed by atoms with Crippen LogP contribution in [0.25, 0.3) is 10.8 Å². The first-order chi connectivity index (χ1) is 17.9. The number of fused-ring (bicyclic) bond motifs is 1. The van der Waals surface area contributed by atoms with Crippen molar-refractivity contribution in [2.75, 3.05) is 19.6 Å². The van der Waals surface area contributed by atoms with E-state index >= 15 is 0 Å². The molecule has 4 rings (SSSR count). The van der Waals surface area contributed by atoms with Crippen molar-refractivity contribution >= 4 is 22.6 Å². The molecule has 0 aromatic heterocycles. The molecule has 1 heterocycles. The lowest BCUT2D eigenvalue weighted by Crippen LogP contribution is -2.45. The van der Waals surface area contributed by atoms with Gasteiger partial charge in [-0.05, 0) is 72.7 Å². The molecule has 1 aliphatic heterocycles. The summed E-state index contributed by atoms with van der Waals surface area (Å²) >= 11 is 0. The number of unbranched alkanes of at least 4 members (excludes halogenated alkanes) is 2. The van der Waals surface area contributed by atoms with Crippen LogP contribution in [0.5, 0.6) is 0 Å². The summed E-state index contributed by atoms with van der Waals surface area (Å²) in [5.41, 5.74) is 2.19. The lowest BCUT2D eigenvalue weighted by molar-refractivity contribution is -0.137. The molecule has 0 spiro atoms. The number of nitrogens with one attached hydrogen (secondary N) is 1. The summed E-state index contributed by atoms with van der Waals surface area (Å²) in [7, 11) is 0. The highest BCUT2D eigenvalue weighted by molar-refractivity contribution is 5.86. The number of halogens is 1. The normalized spacial score (nSPS) is 18.6. The van der Waals surface area contributed by atoms with E-state index in [9.17, 15) is 14.0 Å². The first kappa shape index (κ1) is 26.8. The molecule has 0 saturated carbocycles. The van der Waals surface area contributed by atoms with Gasteiger partial charge < -0.3 is 15.3 Å². The van der Waals surface area contributed by atoms with Gasteiger partial charge in [0.15, 0.2) is 0 Å². The van der Waals surface area contributed by atoms with Gasteiger partial charge in [0.05, 0.1) is 0 Å². The molecule has 1 aliphatic rings. The van der Waals surface area contributed by atoms with Crippen molar-refractivity contribution in [3.63, 3.8) is 0 Å². The SMILES string of the molecule is C[C@@H](NCC1CCN(C(=O)CCCCCC(=O)O)CC1c1cccc(F)c1)c1cccc2ccccc12. The van der Waals surface area contributed by atoms with Crippen LogP contribution in [0.4, 0.5) is 4.39 Å². The number of hydrogen-bond donors (Lipinski definition) is 2. The van der Waals surface area contributed by atoms with Gasteiger partial charge in [-0.25, -0.2) is 4.39 Å². The van der Waals surface area contributed by atoms with E-state index in [4.69, 9.17) is 5.11 Å². The second-order valence-corrected chi connectivity index (χ2v) is 10.2. The molecule has 1 fully saturated rings. The summed E-state index contributed by atoms with van der Waals surface area (Å²) in [6.07, 6.45) is 3.44. The summed E-state index contributed by atoms with van der Waals surface area (Å²) in [4.78, 5) is 25.6. The summed E-state index contributed by atoms with van der Waals surface area (Å²) in [5.74, 6) is -0.622. The molecule has 2 unspecified atom stereocenters. The van der Waals surface area contributed by atoms with Crippen LogP contribution in [-0.4, -0.2) is 41.5 Å². The zero-order valence-corrected chi connectivity index (χ0v) is 21.5. The fraction of sp³-hybridized carbons (Fsp3) is 0.419. The molecule has 196 valence electrons. The second kappa shape index (κ2) is 12.8. The third-order valence-corrected chi connectivity index (χ3v) is 7.64. The van der Waals surface area contributed by atoms with Crippen LogP contribution in [0.1, 0.15) is 68.5 Å². The van der Waals surface area contributed by atoms with Crippen molar-refractivity contribution in [3.8, 4) is 0 Å². The van der Waals surface area contributed by atoms with Crippen molar-refractivity contribution in [3.05, 3.63) is 83.7 Å². The molecule has 2 N–H and O–H groups in total. The summed E-state index contributed by atoms with van der Waals surface area (Å²) < 4.78 is 14.1. The topological polar surface area (TPSA) is 69.6 Å². The molecule has 37 heavy (non-hydrogen) atoms. The highest BCUT2D eigenvalue weighted by Gasteiger charge is 2.32. The second-order valence-electron chi connectivity index (χ2n) is 10.2. The van der Waals surface area contributed by atoms with Gasteiger partial charge in [0.2, 0.25) is 5.91 Å². The quantitative estimate of drug-likeness (QED) is 0.301. The third-order valence-electron chi connectivity index (χ3n) is 7.64. The van der Waals surface area contributed by atoms with Gasteiger partial charge in [-0.1, -0.05) is 61.0 Å². The van der Waals surface area contributed by atoms with E-state index in [-0.39, 0.29) is 36.0 Å². The maximum atomic E-state index is 14.1. The van der Waals surface area contributed by atoms with E-state index < -0.39 is 5.97 Å². The van der Waals surface area contributed by atoms with Crippen LogP contribution < -0.4 is 5.32 Å². The zero-order valence-electron chi connectivity index (χ0n) is 21.5. The predicted octanol–water partition coefficient (Wildman–Crippen LogP) is 6.30. The number of carboxylic acids is 1. The Labute approximate surface area is 218 Å². The van der Waals surface area contributed by atoms with Crippen LogP contribution in [0, 0.1) is 11.7 Å². The molecule has 6 heteroatoms. The first-order valence-electron chi connectivity index (χ1n) is 13.4. The number of carbonyl (C=O) groups excluding carboxylic acids is 1. The number of amides is 1. The van der Waals surface area contributed by atoms with E-state index in [1.54, 1.807) is 12.1 Å². The molecule has 3 aromatic rings. The van der Waals surface area contributed by atoms with Crippen molar-refractivity contribution in [1.82, 2.24) is 10.2 Å². The molecule has 0 bridgehead atoms. The molecule has 3 aromatic carbocycles. The Balaban J connectivity index is 1.41. The Hall–Kier alpha value is -3.25. The van der Waals surface area contributed by atoms with E-state index in [0.717, 1.165) is 24.9 Å². The fourth-order valence-corrected chi connectivity index (χ4v) is 5.54. The maximum Gasteiger partial charge on any atom is 0.303 e. The van der Waals surface area contributed by atoms with Crippen molar-refractivity contribution in [2.45, 2.75) is 57.4 Å². The summed E-state index contributed by atoms with van der Waals surface area (Å²) in [6, 6.07) is 21.7. The minimum Gasteiger partial charge on any atom is -0.481 e. The Bertz CT molecular complexity index is 1210. The number of carbonyl (C=O) groups is 2. The Morgan fingerprint density at radius 3 is 2.59 bits per heavy atom. The van der Waals surface area contributed by atoms with Gasteiger partial charge in [-0.3, -0.25) is 9.59 Å². The van der Waals surface area contributed by atoms with Crippen LogP contribution in [-0.2, 0) is 9.59 Å². The highest BCUT2D eigenvalue weighted by Crippen LogP contribution is 2.34. The van der Waals surface area contributed by atoms with E-state index in [2.05, 4.69) is 54.7 Å². The third kappa shape index (κ3) is 7.16. The van der Waals surface area contributed by atoms with Gasteiger partial charge in [-0.15, -0.1) is 0 Å². The Morgan fingerprint density at radius 1 is 1.03 bits per heavy atom. The molecule has 5 nitrogen and oxygen atoms in total. The average Bonchev–Trinajstić information content (AvgIpc) is 2.90. The summed E-state index contributed by atoms with van der Waals surface area (Å²) in [6.45, 7) is 4.23. The van der Waals surface area contributed by atoms with Gasteiger partial charge in [0.1, 0.15) is 5.82 Å². The van der Waals surface area contributed by atoms with Crippen LogP contribution in [0.3, 0.4) is 0 Å². The minimum absolute atomic E-state index is 0.0487. The average molecular weight is 505 g/mol. The van der Waals surface area contributed by atoms with Crippen molar-refractivity contribution in [2.24, 2.45) is 5.92 Å². The highest BCUT2D eigenvalue weighted by atomic mass is 19.1. The smallest absolute Gasteiger partial charge is 0.303 e. The van der Waals surface area contributed by atoms with E-state index in [0.29, 0.717) is 32.4 Å². The lowest BCUT2D eigenvalue weighted by Gasteiger charge is -2.39. The molecule has 0 radical (unpaired) electrons. The largest absolute Gasteiger partial charge is 0.481 e. The fourth-order valence-electron chi connectivity index (χ4n) is 5.54. The van der Waals surface area contributed by atoms with Crippen molar-refractivity contribution in [1.29, 1.82) is 0 Å². The zero-order chi connectivity index (χ0) is 26.2. The standard InChI is InChI=1S/C31H37FN2O3/c1-22(27-14-8-10-23-9-5-6-13-28(23)27)33-20-25-17-18-34(30(35)15-3-2-4-16-31(36)37)21-29(25)24-11-7-12-26(32)19-24/h5-14,19,22,25,29,33H,2-4,15-18,20-21H2,1H3,(H,36,37)/t22-,25?,29?/m1/s1. The van der Waals surface area contributed by atoms with Crippen LogP contribution in [0.2, 0.25) is 0 Å². The number of aliphatic carboxylic acids is 1. The van der Waals surface area contributed by atoms with Crippen molar-refractivity contribution < 1.29 is 19.1 Å². The Morgan fingerprint density at radius 2 is 1.78 bits per heavy atom. The number of nitrogens with zero attached hydrogens (tertiary/aromatic N) is 1. The molecule has 1 saturated heterocycles. The monoisotopic (exact) mass is 504 g/mol.